The third-order valence-corrected chi connectivity index (χ3v) is 6.40. The molecule has 0 bridgehead atoms. The van der Waals surface area contributed by atoms with Gasteiger partial charge in [0.15, 0.2) is 9.84 Å². The molecule has 7 heteroatoms. The first-order valence-electron chi connectivity index (χ1n) is 8.37. The molecule has 0 aliphatic heterocycles. The summed E-state index contributed by atoms with van der Waals surface area (Å²) in [5.41, 5.74) is 0. The molecule has 2 unspecified atom stereocenters. The van der Waals surface area contributed by atoms with Crippen LogP contribution in [0, 0.1) is 0 Å². The van der Waals surface area contributed by atoms with Crippen molar-refractivity contribution in [2.24, 2.45) is 0 Å². The third-order valence-electron chi connectivity index (χ3n) is 4.17. The predicted octanol–water partition coefficient (Wildman–Crippen LogP) is 4.12. The highest BCUT2D eigenvalue weighted by Crippen LogP contribution is 2.31. The summed E-state index contributed by atoms with van der Waals surface area (Å²) in [5.74, 6) is 1.10. The van der Waals surface area contributed by atoms with Gasteiger partial charge in [-0.25, -0.2) is 8.42 Å². The number of hydrogen-bond donors (Lipinski definition) is 0. The van der Waals surface area contributed by atoms with Crippen molar-refractivity contribution in [3.8, 4) is 11.5 Å². The van der Waals surface area contributed by atoms with E-state index in [0.717, 1.165) is 5.39 Å². The first-order chi connectivity index (χ1) is 13.0. The van der Waals surface area contributed by atoms with Gasteiger partial charge >= 0.3 is 0 Å². The number of para-hydroxylation sites is 1. The Kier molecular flexibility index (Phi) is 6.32. The van der Waals surface area contributed by atoms with Gasteiger partial charge in [-0.1, -0.05) is 42.5 Å². The summed E-state index contributed by atoms with van der Waals surface area (Å²) >= 11 is 0. The van der Waals surface area contributed by atoms with E-state index in [0.29, 0.717) is 16.9 Å². The average Bonchev–Trinajstić information content (AvgIpc) is 2.70. The van der Waals surface area contributed by atoms with Gasteiger partial charge in [0.2, 0.25) is 0 Å². The SMILES string of the molecule is COc1cccc2c(S(=O)(=O)CC(COc3ccccc3)OP)cccc12.[3HH]. The van der Waals surface area contributed by atoms with Gasteiger partial charge < -0.3 is 14.0 Å². The zero-order chi connectivity index (χ0) is 19.3. The second-order valence-corrected chi connectivity index (χ2v) is 8.25. The van der Waals surface area contributed by atoms with Crippen LogP contribution in [0.1, 0.15) is 1.43 Å². The minimum absolute atomic E-state index is 0. The Bertz CT molecular complexity index is 1010. The highest BCUT2D eigenvalue weighted by Gasteiger charge is 2.24. The molecule has 0 radical (unpaired) electrons. The van der Waals surface area contributed by atoms with E-state index in [1.54, 1.807) is 37.4 Å². The molecule has 0 aliphatic carbocycles. The molecule has 0 aliphatic rings. The second kappa shape index (κ2) is 8.70. The first-order valence-corrected chi connectivity index (χ1v) is 10.5. The molecule has 0 aromatic heterocycles. The van der Waals surface area contributed by atoms with Gasteiger partial charge in [-0.3, -0.25) is 0 Å². The smallest absolute Gasteiger partial charge is 0.181 e. The lowest BCUT2D eigenvalue weighted by atomic mass is 10.1. The maximum Gasteiger partial charge on any atom is 0.181 e. The fraction of sp³-hybridized carbons (Fsp3) is 0.200. The Labute approximate surface area is 162 Å². The molecule has 0 spiro atoms. The lowest BCUT2D eigenvalue weighted by Gasteiger charge is -2.17. The lowest BCUT2D eigenvalue weighted by Crippen LogP contribution is -2.28. The summed E-state index contributed by atoms with van der Waals surface area (Å²) in [6, 6.07) is 19.7. The van der Waals surface area contributed by atoms with Crippen molar-refractivity contribution in [3.05, 3.63) is 66.7 Å². The van der Waals surface area contributed by atoms with Crippen LogP contribution < -0.4 is 9.47 Å². The van der Waals surface area contributed by atoms with Gasteiger partial charge in [-0.2, -0.15) is 0 Å². The van der Waals surface area contributed by atoms with Crippen LogP contribution >= 0.6 is 9.47 Å². The summed E-state index contributed by atoms with van der Waals surface area (Å²) < 4.78 is 42.3. The number of hydrogen-bond acceptors (Lipinski definition) is 5. The van der Waals surface area contributed by atoms with Gasteiger partial charge in [0.05, 0.1) is 17.8 Å². The fourth-order valence-electron chi connectivity index (χ4n) is 2.87. The molecule has 0 saturated heterocycles. The predicted molar refractivity (Wildman–Crippen MR) is 111 cm³/mol. The molecule has 3 aromatic rings. The number of ether oxygens (including phenoxy) is 2. The van der Waals surface area contributed by atoms with Gasteiger partial charge in [0.1, 0.15) is 24.2 Å². The Morgan fingerprint density at radius 3 is 2.37 bits per heavy atom. The summed E-state index contributed by atoms with van der Waals surface area (Å²) in [4.78, 5) is 0.255. The maximum absolute atomic E-state index is 13.0. The summed E-state index contributed by atoms with van der Waals surface area (Å²) in [6.45, 7) is 0.126. The largest absolute Gasteiger partial charge is 0.496 e. The van der Waals surface area contributed by atoms with Crippen molar-refractivity contribution < 1.29 is 23.8 Å². The maximum atomic E-state index is 13.0. The zero-order valence-electron chi connectivity index (χ0n) is 14.9. The molecule has 0 fully saturated rings. The number of fused-ring (bicyclic) bond motifs is 1. The highest BCUT2D eigenvalue weighted by molar-refractivity contribution is 7.91. The number of sulfone groups is 1. The van der Waals surface area contributed by atoms with Crippen molar-refractivity contribution in [2.75, 3.05) is 19.5 Å². The molecule has 0 amide bonds. The molecule has 3 aromatic carbocycles. The van der Waals surface area contributed by atoms with Crippen molar-refractivity contribution in [2.45, 2.75) is 11.0 Å². The summed E-state index contributed by atoms with van der Waals surface area (Å²) in [5, 5.41) is 1.38. The van der Waals surface area contributed by atoms with Crippen molar-refractivity contribution in [1.29, 1.82) is 0 Å². The van der Waals surface area contributed by atoms with Gasteiger partial charge in [-0.05, 0) is 24.3 Å². The van der Waals surface area contributed by atoms with Crippen LogP contribution in [0.15, 0.2) is 71.6 Å². The van der Waals surface area contributed by atoms with Crippen LogP contribution in [0.25, 0.3) is 10.8 Å². The average molecular weight is 408 g/mol. The second-order valence-electron chi connectivity index (χ2n) is 5.98. The van der Waals surface area contributed by atoms with E-state index in [-0.39, 0.29) is 18.7 Å². The molecular weight excluding hydrogens is 383 g/mol. The summed E-state index contributed by atoms with van der Waals surface area (Å²) in [6.07, 6.45) is -0.624. The molecule has 144 valence electrons. The molecule has 0 heterocycles. The standard InChI is InChI=1S/C20H21O5PS.H2/c1-23-19-11-5-10-18-17(19)9-6-12-20(18)27(21,22)14-16(25-26)13-24-15-7-3-2-4-8-15;/h2-12,16H,13-14,26H2,1H3;1H/i;1+2. The summed E-state index contributed by atoms with van der Waals surface area (Å²) in [7, 11) is 0.0881. The van der Waals surface area contributed by atoms with Crippen LogP contribution in [0.4, 0.5) is 0 Å². The topological polar surface area (TPSA) is 61.8 Å². The highest BCUT2D eigenvalue weighted by atomic mass is 32.2. The van der Waals surface area contributed by atoms with Crippen LogP contribution in [0.2, 0.25) is 0 Å². The monoisotopic (exact) mass is 408 g/mol. The van der Waals surface area contributed by atoms with Crippen molar-refractivity contribution in [1.82, 2.24) is 0 Å². The van der Waals surface area contributed by atoms with E-state index in [2.05, 4.69) is 9.47 Å². The molecule has 27 heavy (non-hydrogen) atoms. The normalized spacial score (nSPS) is 12.7. The van der Waals surface area contributed by atoms with Gasteiger partial charge in [0, 0.05) is 21.7 Å². The lowest BCUT2D eigenvalue weighted by molar-refractivity contribution is 0.166. The van der Waals surface area contributed by atoms with E-state index in [1.165, 1.54) is 0 Å². The molecule has 0 N–H and O–H groups in total. The zero-order valence-corrected chi connectivity index (χ0v) is 16.8. The quantitative estimate of drug-likeness (QED) is 0.525. The van der Waals surface area contributed by atoms with E-state index in [4.69, 9.17) is 14.0 Å². The van der Waals surface area contributed by atoms with E-state index in [1.807, 2.05) is 36.4 Å². The molecule has 5 nitrogen and oxygen atoms in total. The van der Waals surface area contributed by atoms with E-state index in [9.17, 15) is 8.42 Å². The van der Waals surface area contributed by atoms with Crippen molar-refractivity contribution >= 4 is 30.1 Å². The third kappa shape index (κ3) is 4.59. The number of methoxy groups -OCH3 is 1. The Balaban J connectivity index is 0.00000280. The van der Waals surface area contributed by atoms with Gasteiger partial charge in [0.25, 0.3) is 0 Å². The first kappa shape index (κ1) is 19.6. The molecule has 3 rings (SSSR count). The van der Waals surface area contributed by atoms with Crippen LogP contribution in [-0.4, -0.2) is 34.0 Å². The van der Waals surface area contributed by atoms with Crippen molar-refractivity contribution in [3.63, 3.8) is 0 Å². The van der Waals surface area contributed by atoms with Crippen LogP contribution in [0.3, 0.4) is 0 Å². The Hall–Kier alpha value is -2.14. The molecule has 0 saturated carbocycles. The number of benzene rings is 3. The van der Waals surface area contributed by atoms with Gasteiger partial charge in [-0.15, -0.1) is 0 Å². The van der Waals surface area contributed by atoms with E-state index < -0.39 is 15.9 Å². The minimum atomic E-state index is -3.60. The fourth-order valence-corrected chi connectivity index (χ4v) is 4.83. The number of rotatable bonds is 8. The van der Waals surface area contributed by atoms with Crippen LogP contribution in [-0.2, 0) is 14.4 Å². The minimum Gasteiger partial charge on any atom is -0.496 e. The van der Waals surface area contributed by atoms with E-state index >= 15 is 0 Å². The Morgan fingerprint density at radius 2 is 1.67 bits per heavy atom. The van der Waals surface area contributed by atoms with Crippen LogP contribution in [0.5, 0.6) is 11.5 Å². The molecule has 2 atom stereocenters. The molecular formula is C20H23O5PS. The Morgan fingerprint density at radius 1 is 0.963 bits per heavy atom.